The van der Waals surface area contributed by atoms with E-state index in [-0.39, 0.29) is 6.42 Å². The van der Waals surface area contributed by atoms with Crippen molar-refractivity contribution < 1.29 is 31.8 Å². The summed E-state index contributed by atoms with van der Waals surface area (Å²) in [5, 5.41) is 0. The van der Waals surface area contributed by atoms with Gasteiger partial charge in [0.2, 0.25) is 0 Å². The minimum atomic E-state index is -4.25. The summed E-state index contributed by atoms with van der Waals surface area (Å²) in [6.07, 6.45) is -3.90. The molecule has 0 unspecified atom stereocenters. The van der Waals surface area contributed by atoms with Crippen molar-refractivity contribution in [3.8, 4) is 5.75 Å². The fourth-order valence-electron chi connectivity index (χ4n) is 1.44. The van der Waals surface area contributed by atoms with Gasteiger partial charge in [-0.3, -0.25) is 4.79 Å². The molecule has 0 aliphatic rings. The number of methoxy groups -OCH3 is 1. The standard InChI is InChI=1S/C13H13BrF4O3/c1-20-10-2-3-11(14)8(5-10)4-9(19)6-21-7-13(17,18)12(15)16/h2-3,5,12H,4,6-7H2,1H3. The lowest BCUT2D eigenvalue weighted by molar-refractivity contribution is -0.168. The molecule has 1 aromatic rings. The molecule has 0 atom stereocenters. The van der Waals surface area contributed by atoms with Crippen LogP contribution in [0.3, 0.4) is 0 Å². The predicted molar refractivity (Wildman–Crippen MR) is 71.2 cm³/mol. The van der Waals surface area contributed by atoms with Crippen LogP contribution >= 0.6 is 15.9 Å². The summed E-state index contributed by atoms with van der Waals surface area (Å²) in [4.78, 5) is 11.6. The maximum atomic E-state index is 12.6. The highest BCUT2D eigenvalue weighted by Gasteiger charge is 2.41. The van der Waals surface area contributed by atoms with E-state index < -0.39 is 31.3 Å². The topological polar surface area (TPSA) is 35.5 Å². The third-order valence-corrected chi connectivity index (χ3v) is 3.29. The number of carbonyl (C=O) groups excluding carboxylic acids is 1. The van der Waals surface area contributed by atoms with E-state index in [2.05, 4.69) is 20.7 Å². The summed E-state index contributed by atoms with van der Waals surface area (Å²) in [5.74, 6) is -4.23. The van der Waals surface area contributed by atoms with Crippen molar-refractivity contribution >= 4 is 21.7 Å². The quantitative estimate of drug-likeness (QED) is 0.655. The maximum absolute atomic E-state index is 12.6. The van der Waals surface area contributed by atoms with E-state index in [1.165, 1.54) is 7.11 Å². The van der Waals surface area contributed by atoms with Gasteiger partial charge < -0.3 is 9.47 Å². The first-order chi connectivity index (χ1) is 9.76. The van der Waals surface area contributed by atoms with Crippen LogP contribution < -0.4 is 4.74 Å². The molecule has 1 rings (SSSR count). The molecule has 21 heavy (non-hydrogen) atoms. The van der Waals surface area contributed by atoms with Crippen LogP contribution in [0.25, 0.3) is 0 Å². The molecule has 0 saturated carbocycles. The number of ether oxygens (including phenoxy) is 2. The van der Waals surface area contributed by atoms with E-state index in [1.54, 1.807) is 18.2 Å². The first-order valence-electron chi connectivity index (χ1n) is 5.84. The van der Waals surface area contributed by atoms with Crippen molar-refractivity contribution in [3.05, 3.63) is 28.2 Å². The molecule has 0 aliphatic carbocycles. The Morgan fingerprint density at radius 1 is 1.38 bits per heavy atom. The molecule has 118 valence electrons. The Hall–Kier alpha value is -1.15. The van der Waals surface area contributed by atoms with Crippen molar-refractivity contribution in [2.45, 2.75) is 18.8 Å². The Bertz CT molecular complexity index is 494. The summed E-state index contributed by atoms with van der Waals surface area (Å²) in [6.45, 7) is -2.15. The van der Waals surface area contributed by atoms with Gasteiger partial charge in [0.25, 0.3) is 0 Å². The minimum Gasteiger partial charge on any atom is -0.497 e. The summed E-state index contributed by atoms with van der Waals surface area (Å²) >= 11 is 3.24. The van der Waals surface area contributed by atoms with E-state index in [1.807, 2.05) is 0 Å². The Morgan fingerprint density at radius 3 is 2.62 bits per heavy atom. The van der Waals surface area contributed by atoms with Crippen LogP contribution in [-0.4, -0.2) is 38.5 Å². The number of benzene rings is 1. The molecule has 0 aliphatic heterocycles. The number of halogens is 5. The molecule has 0 aromatic heterocycles. The highest BCUT2D eigenvalue weighted by atomic mass is 79.9. The molecule has 0 fully saturated rings. The molecule has 3 nitrogen and oxygen atoms in total. The molecule has 0 bridgehead atoms. The number of hydrogen-bond acceptors (Lipinski definition) is 3. The van der Waals surface area contributed by atoms with Crippen LogP contribution in [0, 0.1) is 0 Å². The molecule has 0 spiro atoms. The molecule has 1 aromatic carbocycles. The highest BCUT2D eigenvalue weighted by molar-refractivity contribution is 9.10. The summed E-state index contributed by atoms with van der Waals surface area (Å²) in [5.41, 5.74) is 0.587. The fraction of sp³-hybridized carbons (Fsp3) is 0.462. The van der Waals surface area contributed by atoms with Crippen LogP contribution in [0.1, 0.15) is 5.56 Å². The molecule has 0 saturated heterocycles. The van der Waals surface area contributed by atoms with Crippen molar-refractivity contribution in [1.29, 1.82) is 0 Å². The monoisotopic (exact) mass is 372 g/mol. The third-order valence-electron chi connectivity index (χ3n) is 2.52. The van der Waals surface area contributed by atoms with E-state index in [4.69, 9.17) is 4.74 Å². The van der Waals surface area contributed by atoms with Gasteiger partial charge >= 0.3 is 12.3 Å². The number of hydrogen-bond donors (Lipinski definition) is 0. The van der Waals surface area contributed by atoms with Gasteiger partial charge in [0.1, 0.15) is 19.0 Å². The number of rotatable bonds is 8. The Labute approximate surface area is 127 Å². The lowest BCUT2D eigenvalue weighted by Gasteiger charge is -2.14. The van der Waals surface area contributed by atoms with Gasteiger partial charge in [-0.05, 0) is 23.8 Å². The lowest BCUT2D eigenvalue weighted by Crippen LogP contribution is -2.33. The van der Waals surface area contributed by atoms with Crippen molar-refractivity contribution in [1.82, 2.24) is 0 Å². The first-order valence-corrected chi connectivity index (χ1v) is 6.63. The Morgan fingerprint density at radius 2 is 2.05 bits per heavy atom. The van der Waals surface area contributed by atoms with E-state index >= 15 is 0 Å². The van der Waals surface area contributed by atoms with Crippen LogP contribution in [0.4, 0.5) is 17.6 Å². The van der Waals surface area contributed by atoms with Gasteiger partial charge in [0, 0.05) is 10.9 Å². The van der Waals surface area contributed by atoms with Crippen molar-refractivity contribution in [2.75, 3.05) is 20.3 Å². The van der Waals surface area contributed by atoms with E-state index in [0.717, 1.165) is 0 Å². The number of Topliss-reactive ketones (excluding diaryl/α,β-unsaturated/α-hetero) is 1. The molecule has 0 heterocycles. The van der Waals surface area contributed by atoms with Crippen molar-refractivity contribution in [2.24, 2.45) is 0 Å². The van der Waals surface area contributed by atoms with Crippen LogP contribution in [-0.2, 0) is 16.0 Å². The average molecular weight is 373 g/mol. The number of alkyl halides is 4. The normalized spacial score (nSPS) is 11.8. The average Bonchev–Trinajstić information content (AvgIpc) is 2.40. The number of carbonyl (C=O) groups is 1. The Kier molecular flexibility index (Phi) is 6.60. The first kappa shape index (κ1) is 17.9. The Balaban J connectivity index is 2.51. The lowest BCUT2D eigenvalue weighted by atomic mass is 10.1. The molecular weight excluding hydrogens is 360 g/mol. The van der Waals surface area contributed by atoms with Gasteiger partial charge in [0.15, 0.2) is 5.78 Å². The summed E-state index contributed by atoms with van der Waals surface area (Å²) in [7, 11) is 1.46. The van der Waals surface area contributed by atoms with Crippen LogP contribution in [0.15, 0.2) is 22.7 Å². The van der Waals surface area contributed by atoms with Gasteiger partial charge in [-0.15, -0.1) is 0 Å². The second kappa shape index (κ2) is 7.74. The van der Waals surface area contributed by atoms with E-state index in [0.29, 0.717) is 15.8 Å². The zero-order chi connectivity index (χ0) is 16.0. The predicted octanol–water partition coefficient (Wildman–Crippen LogP) is 3.49. The fourth-order valence-corrected chi connectivity index (χ4v) is 1.83. The van der Waals surface area contributed by atoms with Gasteiger partial charge in [-0.25, -0.2) is 8.78 Å². The zero-order valence-electron chi connectivity index (χ0n) is 11.0. The maximum Gasteiger partial charge on any atom is 0.330 e. The highest BCUT2D eigenvalue weighted by Crippen LogP contribution is 2.24. The molecule has 0 N–H and O–H groups in total. The zero-order valence-corrected chi connectivity index (χ0v) is 12.6. The second-order valence-corrected chi connectivity index (χ2v) is 5.08. The largest absolute Gasteiger partial charge is 0.497 e. The van der Waals surface area contributed by atoms with Gasteiger partial charge in [-0.1, -0.05) is 15.9 Å². The number of ketones is 1. The molecule has 8 heteroatoms. The molecule has 0 radical (unpaired) electrons. The van der Waals surface area contributed by atoms with Crippen LogP contribution in [0.2, 0.25) is 0 Å². The van der Waals surface area contributed by atoms with Crippen molar-refractivity contribution in [3.63, 3.8) is 0 Å². The molecular formula is C13H13BrF4O3. The second-order valence-electron chi connectivity index (χ2n) is 4.23. The van der Waals surface area contributed by atoms with Gasteiger partial charge in [0.05, 0.1) is 7.11 Å². The van der Waals surface area contributed by atoms with E-state index in [9.17, 15) is 22.4 Å². The van der Waals surface area contributed by atoms with Crippen LogP contribution in [0.5, 0.6) is 5.75 Å². The third kappa shape index (κ3) is 5.62. The minimum absolute atomic E-state index is 0.0853. The SMILES string of the molecule is COc1ccc(Br)c(CC(=O)COCC(F)(F)C(F)F)c1. The summed E-state index contributed by atoms with van der Waals surface area (Å²) < 4.78 is 58.9. The van der Waals surface area contributed by atoms with Gasteiger partial charge in [-0.2, -0.15) is 8.78 Å². The smallest absolute Gasteiger partial charge is 0.330 e. The summed E-state index contributed by atoms with van der Waals surface area (Å²) in [6, 6.07) is 4.96. The molecule has 0 amide bonds.